The van der Waals surface area contributed by atoms with E-state index in [0.717, 1.165) is 19.3 Å². The molecular weight excluding hydrogens is 194 g/mol. The zero-order valence-electron chi connectivity index (χ0n) is 8.71. The van der Waals surface area contributed by atoms with Crippen molar-refractivity contribution in [2.75, 3.05) is 13.1 Å². The quantitative estimate of drug-likeness (QED) is 0.567. The van der Waals surface area contributed by atoms with Crippen molar-refractivity contribution in [1.82, 2.24) is 10.6 Å². The van der Waals surface area contributed by atoms with Crippen molar-refractivity contribution in [2.45, 2.75) is 31.2 Å². The van der Waals surface area contributed by atoms with Gasteiger partial charge in [-0.25, -0.2) is 0 Å². The van der Waals surface area contributed by atoms with Crippen molar-refractivity contribution >= 4 is 11.8 Å². The third kappa shape index (κ3) is 2.28. The molecule has 1 heterocycles. The van der Waals surface area contributed by atoms with Crippen molar-refractivity contribution in [1.29, 1.82) is 0 Å². The van der Waals surface area contributed by atoms with Gasteiger partial charge in [-0.15, -0.1) is 0 Å². The minimum absolute atomic E-state index is 0.0405. The molecule has 1 saturated heterocycles. The van der Waals surface area contributed by atoms with E-state index in [0.29, 0.717) is 19.5 Å². The average Bonchev–Trinajstić information content (AvgIpc) is 2.58. The topological polar surface area (TPSA) is 84.2 Å². The molecule has 0 radical (unpaired) electrons. The van der Waals surface area contributed by atoms with Crippen molar-refractivity contribution in [3.05, 3.63) is 0 Å². The van der Waals surface area contributed by atoms with Crippen LogP contribution in [-0.2, 0) is 9.59 Å². The van der Waals surface area contributed by atoms with Crippen LogP contribution in [0, 0.1) is 5.92 Å². The van der Waals surface area contributed by atoms with E-state index >= 15 is 0 Å². The number of rotatable bonds is 3. The second-order valence-electron chi connectivity index (χ2n) is 4.64. The molecule has 84 valence electrons. The molecule has 0 aromatic rings. The van der Waals surface area contributed by atoms with Crippen LogP contribution in [0.25, 0.3) is 0 Å². The maximum absolute atomic E-state index is 11.6. The third-order valence-electron chi connectivity index (χ3n) is 3.31. The molecule has 2 rings (SSSR count). The molecule has 1 atom stereocenters. The number of hydrogen-bond acceptors (Lipinski definition) is 3. The van der Waals surface area contributed by atoms with E-state index in [-0.39, 0.29) is 23.3 Å². The Morgan fingerprint density at radius 2 is 2.33 bits per heavy atom. The Hall–Kier alpha value is -1.10. The minimum atomic E-state index is -0.207. The number of hydrogen-bond donors (Lipinski definition) is 3. The molecule has 1 aliphatic heterocycles. The smallest absolute Gasteiger partial charge is 0.225 e. The highest BCUT2D eigenvalue weighted by molar-refractivity contribution is 5.89. The summed E-state index contributed by atoms with van der Waals surface area (Å²) in [6, 6.07) is 0. The average molecular weight is 211 g/mol. The molecule has 2 fully saturated rings. The minimum Gasteiger partial charge on any atom is -0.355 e. The first kappa shape index (κ1) is 10.4. The number of nitrogens with one attached hydrogen (secondary N) is 2. The molecule has 4 N–H and O–H groups in total. The molecule has 2 aliphatic rings. The zero-order chi connectivity index (χ0) is 10.9. The van der Waals surface area contributed by atoms with Crippen LogP contribution in [0.3, 0.4) is 0 Å². The molecule has 0 spiro atoms. The fourth-order valence-electron chi connectivity index (χ4n) is 2.01. The summed E-state index contributed by atoms with van der Waals surface area (Å²) in [5.41, 5.74) is 5.79. The van der Waals surface area contributed by atoms with E-state index in [1.165, 1.54) is 0 Å². The van der Waals surface area contributed by atoms with Crippen LogP contribution in [0.4, 0.5) is 0 Å². The molecule has 1 aliphatic carbocycles. The predicted octanol–water partition coefficient (Wildman–Crippen LogP) is -0.880. The summed E-state index contributed by atoms with van der Waals surface area (Å²) in [5.74, 6) is -0.299. The van der Waals surface area contributed by atoms with Crippen LogP contribution in [-0.4, -0.2) is 30.4 Å². The summed E-state index contributed by atoms with van der Waals surface area (Å²) < 4.78 is 0. The van der Waals surface area contributed by atoms with E-state index in [4.69, 9.17) is 5.73 Å². The standard InChI is InChI=1S/C10H17N3O2/c11-10(2-1-3-10)6-13-9(15)7-4-8(14)12-5-7/h7H,1-6,11H2,(H,12,14)(H,13,15). The highest BCUT2D eigenvalue weighted by Crippen LogP contribution is 2.28. The Labute approximate surface area is 88.8 Å². The molecule has 0 aromatic heterocycles. The van der Waals surface area contributed by atoms with Crippen LogP contribution < -0.4 is 16.4 Å². The van der Waals surface area contributed by atoms with Gasteiger partial charge in [-0.05, 0) is 19.3 Å². The van der Waals surface area contributed by atoms with Crippen LogP contribution >= 0.6 is 0 Å². The Morgan fingerprint density at radius 3 is 2.80 bits per heavy atom. The Bertz CT molecular complexity index is 286. The molecule has 5 nitrogen and oxygen atoms in total. The van der Waals surface area contributed by atoms with Crippen molar-refractivity contribution in [2.24, 2.45) is 11.7 Å². The lowest BCUT2D eigenvalue weighted by Gasteiger charge is -2.38. The van der Waals surface area contributed by atoms with Crippen molar-refractivity contribution in [3.63, 3.8) is 0 Å². The first-order valence-corrected chi connectivity index (χ1v) is 5.42. The largest absolute Gasteiger partial charge is 0.355 e. The van der Waals surface area contributed by atoms with Gasteiger partial charge in [0, 0.05) is 25.0 Å². The van der Waals surface area contributed by atoms with Gasteiger partial charge in [0.2, 0.25) is 11.8 Å². The molecule has 1 saturated carbocycles. The lowest BCUT2D eigenvalue weighted by Crippen LogP contribution is -2.55. The van der Waals surface area contributed by atoms with Crippen molar-refractivity contribution < 1.29 is 9.59 Å². The van der Waals surface area contributed by atoms with E-state index in [2.05, 4.69) is 10.6 Å². The first-order chi connectivity index (χ1) is 7.09. The summed E-state index contributed by atoms with van der Waals surface area (Å²) in [7, 11) is 0. The monoisotopic (exact) mass is 211 g/mol. The second-order valence-corrected chi connectivity index (χ2v) is 4.64. The number of carbonyl (C=O) groups excluding carboxylic acids is 2. The summed E-state index contributed by atoms with van der Waals surface area (Å²) in [5, 5.41) is 5.48. The molecule has 2 amide bonds. The lowest BCUT2D eigenvalue weighted by molar-refractivity contribution is -0.126. The molecule has 0 bridgehead atoms. The van der Waals surface area contributed by atoms with Gasteiger partial charge in [0.1, 0.15) is 0 Å². The number of nitrogens with two attached hydrogens (primary N) is 1. The van der Waals surface area contributed by atoms with Crippen molar-refractivity contribution in [3.8, 4) is 0 Å². The van der Waals surface area contributed by atoms with Crippen LogP contribution in [0.15, 0.2) is 0 Å². The second kappa shape index (κ2) is 3.81. The molecule has 15 heavy (non-hydrogen) atoms. The lowest BCUT2D eigenvalue weighted by atomic mass is 9.77. The van der Waals surface area contributed by atoms with E-state index in [1.54, 1.807) is 0 Å². The van der Waals surface area contributed by atoms with Gasteiger partial charge in [0.15, 0.2) is 0 Å². The Morgan fingerprint density at radius 1 is 1.60 bits per heavy atom. The zero-order valence-corrected chi connectivity index (χ0v) is 8.71. The van der Waals surface area contributed by atoms with Gasteiger partial charge in [-0.1, -0.05) is 0 Å². The highest BCUT2D eigenvalue weighted by Gasteiger charge is 2.34. The molecule has 0 aromatic carbocycles. The molecule has 1 unspecified atom stereocenters. The predicted molar refractivity (Wildman–Crippen MR) is 54.9 cm³/mol. The van der Waals surface area contributed by atoms with Crippen LogP contribution in [0.1, 0.15) is 25.7 Å². The summed E-state index contributed by atoms with van der Waals surface area (Å²) in [6.45, 7) is 0.999. The van der Waals surface area contributed by atoms with Gasteiger partial charge in [-0.3, -0.25) is 9.59 Å². The van der Waals surface area contributed by atoms with E-state index < -0.39 is 0 Å². The maximum atomic E-state index is 11.6. The van der Waals surface area contributed by atoms with Gasteiger partial charge >= 0.3 is 0 Å². The SMILES string of the molecule is NC1(CNC(=O)C2CNC(=O)C2)CCC1. The number of carbonyl (C=O) groups is 2. The Balaban J connectivity index is 1.75. The van der Waals surface area contributed by atoms with Crippen LogP contribution in [0.2, 0.25) is 0 Å². The fraction of sp³-hybridized carbons (Fsp3) is 0.800. The van der Waals surface area contributed by atoms with Crippen LogP contribution in [0.5, 0.6) is 0 Å². The van der Waals surface area contributed by atoms with E-state index in [1.807, 2.05) is 0 Å². The molecule has 5 heteroatoms. The summed E-state index contributed by atoms with van der Waals surface area (Å²) >= 11 is 0. The fourth-order valence-corrected chi connectivity index (χ4v) is 2.01. The Kier molecular flexibility index (Phi) is 2.65. The normalized spacial score (nSPS) is 28.1. The summed E-state index contributed by atoms with van der Waals surface area (Å²) in [4.78, 5) is 22.5. The maximum Gasteiger partial charge on any atom is 0.225 e. The molecular formula is C10H17N3O2. The number of amides is 2. The van der Waals surface area contributed by atoms with Gasteiger partial charge in [0.25, 0.3) is 0 Å². The highest BCUT2D eigenvalue weighted by atomic mass is 16.2. The third-order valence-corrected chi connectivity index (χ3v) is 3.31. The van der Waals surface area contributed by atoms with Gasteiger partial charge < -0.3 is 16.4 Å². The van der Waals surface area contributed by atoms with Gasteiger partial charge in [-0.2, -0.15) is 0 Å². The first-order valence-electron chi connectivity index (χ1n) is 5.42. The van der Waals surface area contributed by atoms with E-state index in [9.17, 15) is 9.59 Å². The summed E-state index contributed by atoms with van der Waals surface area (Å²) in [6.07, 6.45) is 3.42. The van der Waals surface area contributed by atoms with Gasteiger partial charge in [0.05, 0.1) is 5.92 Å².